The summed E-state index contributed by atoms with van der Waals surface area (Å²) in [6, 6.07) is 5.21. The minimum atomic E-state index is -0.0706. The fraction of sp³-hybridized carbons (Fsp3) is 0.462. The van der Waals surface area contributed by atoms with Gasteiger partial charge in [-0.1, -0.05) is 25.4 Å². The Bertz CT molecular complexity index is 402. The molecule has 4 heteroatoms. The van der Waals surface area contributed by atoms with Gasteiger partial charge in [0, 0.05) is 23.8 Å². The zero-order valence-corrected chi connectivity index (χ0v) is 11.3. The predicted octanol–water partition coefficient (Wildman–Crippen LogP) is 3.18. The monoisotopic (exact) mass is 254 g/mol. The van der Waals surface area contributed by atoms with Crippen LogP contribution in [0.3, 0.4) is 0 Å². The third kappa shape index (κ3) is 3.13. The van der Waals surface area contributed by atoms with Crippen molar-refractivity contribution in [2.45, 2.75) is 32.7 Å². The molecule has 0 aliphatic heterocycles. The summed E-state index contributed by atoms with van der Waals surface area (Å²) in [5.41, 5.74) is 6.75. The molecule has 0 saturated carbocycles. The van der Waals surface area contributed by atoms with Crippen LogP contribution in [-0.2, 0) is 0 Å². The van der Waals surface area contributed by atoms with E-state index in [4.69, 9.17) is 17.3 Å². The molecule has 17 heavy (non-hydrogen) atoms. The van der Waals surface area contributed by atoms with Crippen LogP contribution in [0.5, 0.6) is 0 Å². The van der Waals surface area contributed by atoms with E-state index in [-0.39, 0.29) is 11.9 Å². The van der Waals surface area contributed by atoms with Crippen LogP contribution in [0.2, 0.25) is 5.02 Å². The quantitative estimate of drug-likeness (QED) is 0.839. The van der Waals surface area contributed by atoms with Crippen molar-refractivity contribution in [2.75, 3.05) is 12.8 Å². The number of rotatable bonds is 4. The van der Waals surface area contributed by atoms with Gasteiger partial charge in [-0.25, -0.2) is 0 Å². The van der Waals surface area contributed by atoms with E-state index in [2.05, 4.69) is 13.8 Å². The Morgan fingerprint density at radius 3 is 2.53 bits per heavy atom. The van der Waals surface area contributed by atoms with Crippen LogP contribution < -0.4 is 5.73 Å². The molecule has 0 aliphatic rings. The molecule has 0 aliphatic carbocycles. The molecular weight excluding hydrogens is 236 g/mol. The van der Waals surface area contributed by atoms with Crippen LogP contribution in [0.1, 0.15) is 37.0 Å². The maximum Gasteiger partial charge on any atom is 0.255 e. The highest BCUT2D eigenvalue weighted by molar-refractivity contribution is 6.31. The van der Waals surface area contributed by atoms with Gasteiger partial charge in [-0.2, -0.15) is 0 Å². The first-order chi connectivity index (χ1) is 8.01. The summed E-state index contributed by atoms with van der Waals surface area (Å²) in [6.45, 7) is 4.14. The largest absolute Gasteiger partial charge is 0.398 e. The van der Waals surface area contributed by atoms with Crippen LogP contribution in [0.25, 0.3) is 0 Å². The molecule has 1 aromatic carbocycles. The van der Waals surface area contributed by atoms with Gasteiger partial charge in [0.15, 0.2) is 0 Å². The third-order valence-electron chi connectivity index (χ3n) is 3.06. The van der Waals surface area contributed by atoms with E-state index in [1.807, 2.05) is 0 Å². The van der Waals surface area contributed by atoms with Crippen molar-refractivity contribution in [3.8, 4) is 0 Å². The van der Waals surface area contributed by atoms with E-state index >= 15 is 0 Å². The summed E-state index contributed by atoms with van der Waals surface area (Å²) < 4.78 is 0. The van der Waals surface area contributed by atoms with Gasteiger partial charge in [0.1, 0.15) is 0 Å². The Morgan fingerprint density at radius 2 is 2.00 bits per heavy atom. The highest BCUT2D eigenvalue weighted by atomic mass is 35.5. The number of amides is 1. The maximum atomic E-state index is 12.3. The highest BCUT2D eigenvalue weighted by Crippen LogP contribution is 2.21. The molecule has 0 unspecified atom stereocenters. The summed E-state index contributed by atoms with van der Waals surface area (Å²) in [4.78, 5) is 14.0. The fourth-order valence-corrected chi connectivity index (χ4v) is 2.08. The summed E-state index contributed by atoms with van der Waals surface area (Å²) >= 11 is 5.89. The minimum absolute atomic E-state index is 0.0706. The highest BCUT2D eigenvalue weighted by Gasteiger charge is 2.20. The molecule has 0 spiro atoms. The van der Waals surface area contributed by atoms with Crippen molar-refractivity contribution in [1.82, 2.24) is 4.90 Å². The Labute approximate surface area is 108 Å². The molecule has 0 radical (unpaired) electrons. The number of nitrogens with two attached hydrogens (primary N) is 1. The lowest BCUT2D eigenvalue weighted by Gasteiger charge is -2.26. The van der Waals surface area contributed by atoms with Gasteiger partial charge in [-0.15, -0.1) is 0 Å². The lowest BCUT2D eigenvalue weighted by atomic mass is 10.1. The first kappa shape index (κ1) is 13.8. The molecule has 1 aromatic rings. The number of nitrogens with zero attached hydrogens (tertiary/aromatic N) is 1. The molecule has 0 saturated heterocycles. The van der Waals surface area contributed by atoms with Crippen molar-refractivity contribution in [3.63, 3.8) is 0 Å². The molecule has 0 bridgehead atoms. The number of nitrogen functional groups attached to an aromatic ring is 1. The van der Waals surface area contributed by atoms with E-state index in [0.717, 1.165) is 12.8 Å². The van der Waals surface area contributed by atoms with Gasteiger partial charge >= 0.3 is 0 Å². The molecule has 0 fully saturated rings. The minimum Gasteiger partial charge on any atom is -0.398 e. The number of carbonyl (C=O) groups is 1. The zero-order valence-electron chi connectivity index (χ0n) is 10.5. The maximum absolute atomic E-state index is 12.3. The number of hydrogen-bond donors (Lipinski definition) is 1. The van der Waals surface area contributed by atoms with Crippen LogP contribution in [-0.4, -0.2) is 23.9 Å². The van der Waals surface area contributed by atoms with Gasteiger partial charge in [-0.3, -0.25) is 4.79 Å². The van der Waals surface area contributed by atoms with Crippen LogP contribution in [0.4, 0.5) is 5.69 Å². The molecule has 0 aromatic heterocycles. The summed E-state index contributed by atoms with van der Waals surface area (Å²) in [7, 11) is 1.81. The van der Waals surface area contributed by atoms with Crippen molar-refractivity contribution in [3.05, 3.63) is 28.8 Å². The second-order valence-electron chi connectivity index (χ2n) is 4.12. The Morgan fingerprint density at radius 1 is 1.41 bits per heavy atom. The van der Waals surface area contributed by atoms with Gasteiger partial charge in [-0.05, 0) is 31.0 Å². The number of carbonyl (C=O) groups excluding carboxylic acids is 1. The molecule has 2 N–H and O–H groups in total. The second kappa shape index (κ2) is 5.92. The van der Waals surface area contributed by atoms with E-state index in [1.165, 1.54) is 0 Å². The number of hydrogen-bond acceptors (Lipinski definition) is 2. The average molecular weight is 255 g/mol. The van der Waals surface area contributed by atoms with Gasteiger partial charge in [0.05, 0.1) is 5.56 Å². The molecule has 0 heterocycles. The Hall–Kier alpha value is -1.22. The normalized spacial score (nSPS) is 10.6. The number of halogens is 1. The van der Waals surface area contributed by atoms with Crippen LogP contribution in [0, 0.1) is 0 Å². The molecule has 94 valence electrons. The van der Waals surface area contributed by atoms with Gasteiger partial charge < -0.3 is 10.6 Å². The van der Waals surface area contributed by atoms with E-state index < -0.39 is 0 Å². The second-order valence-corrected chi connectivity index (χ2v) is 4.55. The zero-order chi connectivity index (χ0) is 13.0. The smallest absolute Gasteiger partial charge is 0.255 e. The number of benzene rings is 1. The lowest BCUT2D eigenvalue weighted by Crippen LogP contribution is -2.36. The van der Waals surface area contributed by atoms with Crippen molar-refractivity contribution in [2.24, 2.45) is 0 Å². The van der Waals surface area contributed by atoms with Crippen LogP contribution >= 0.6 is 11.6 Å². The first-order valence-electron chi connectivity index (χ1n) is 5.83. The molecule has 1 amide bonds. The van der Waals surface area contributed by atoms with Gasteiger partial charge in [0.25, 0.3) is 5.91 Å². The van der Waals surface area contributed by atoms with Crippen molar-refractivity contribution < 1.29 is 4.79 Å². The van der Waals surface area contributed by atoms with Crippen LogP contribution in [0.15, 0.2) is 18.2 Å². The Balaban J connectivity index is 2.99. The lowest BCUT2D eigenvalue weighted by molar-refractivity contribution is 0.0725. The Kier molecular flexibility index (Phi) is 4.82. The predicted molar refractivity (Wildman–Crippen MR) is 72.3 cm³/mol. The summed E-state index contributed by atoms with van der Waals surface area (Å²) in [6.07, 6.45) is 1.86. The standard InChI is InChI=1S/C13H19ClN2O/c1-4-10(5-2)16(3)13(17)11-8-9(14)6-7-12(11)15/h6-8,10H,4-5,15H2,1-3H3. The third-order valence-corrected chi connectivity index (χ3v) is 3.29. The molecular formula is C13H19ClN2O. The fourth-order valence-electron chi connectivity index (χ4n) is 1.91. The van der Waals surface area contributed by atoms with Crippen molar-refractivity contribution >= 4 is 23.2 Å². The summed E-state index contributed by atoms with van der Waals surface area (Å²) in [5, 5.41) is 0.528. The SMILES string of the molecule is CCC(CC)N(C)C(=O)c1cc(Cl)ccc1N. The van der Waals surface area contributed by atoms with E-state index in [0.29, 0.717) is 16.3 Å². The molecule has 3 nitrogen and oxygen atoms in total. The van der Waals surface area contributed by atoms with Crippen molar-refractivity contribution in [1.29, 1.82) is 0 Å². The summed E-state index contributed by atoms with van der Waals surface area (Å²) in [5.74, 6) is -0.0706. The topological polar surface area (TPSA) is 46.3 Å². The molecule has 1 rings (SSSR count). The first-order valence-corrected chi connectivity index (χ1v) is 6.21. The van der Waals surface area contributed by atoms with Gasteiger partial charge in [0.2, 0.25) is 0 Å². The number of anilines is 1. The van der Waals surface area contributed by atoms with E-state index in [1.54, 1.807) is 30.1 Å². The average Bonchev–Trinajstić information content (AvgIpc) is 2.32. The van der Waals surface area contributed by atoms with E-state index in [9.17, 15) is 4.79 Å². The molecule has 0 atom stereocenters.